The van der Waals surface area contributed by atoms with E-state index in [-0.39, 0.29) is 6.42 Å². The molecule has 82 valence electrons. The van der Waals surface area contributed by atoms with Crippen molar-refractivity contribution in [3.8, 4) is 0 Å². The number of aromatic nitrogens is 2. The molecule has 0 saturated heterocycles. The van der Waals surface area contributed by atoms with Gasteiger partial charge >= 0.3 is 5.97 Å². The first-order valence-electron chi connectivity index (χ1n) is 5.07. The van der Waals surface area contributed by atoms with Gasteiger partial charge in [0.25, 0.3) is 0 Å². The Morgan fingerprint density at radius 1 is 1.73 bits per heavy atom. The molecule has 5 heteroatoms. The molecule has 1 aliphatic heterocycles. The van der Waals surface area contributed by atoms with Crippen molar-refractivity contribution in [1.82, 2.24) is 9.55 Å². The zero-order valence-corrected chi connectivity index (χ0v) is 10.1. The van der Waals surface area contributed by atoms with Crippen LogP contribution < -0.4 is 0 Å². The fourth-order valence-electron chi connectivity index (χ4n) is 2.18. The Balaban J connectivity index is 2.43. The van der Waals surface area contributed by atoms with Gasteiger partial charge in [-0.3, -0.25) is 4.79 Å². The van der Waals surface area contributed by atoms with E-state index in [4.69, 9.17) is 5.11 Å². The molecule has 0 saturated carbocycles. The van der Waals surface area contributed by atoms with Crippen LogP contribution in [0.1, 0.15) is 37.3 Å². The molecule has 0 fully saturated rings. The predicted octanol–water partition coefficient (Wildman–Crippen LogP) is 2.17. The second-order valence-electron chi connectivity index (χ2n) is 3.95. The molecule has 1 aromatic rings. The van der Waals surface area contributed by atoms with E-state index in [1.54, 1.807) is 0 Å². The van der Waals surface area contributed by atoms with Gasteiger partial charge in [-0.05, 0) is 42.1 Å². The minimum atomic E-state index is -0.826. The van der Waals surface area contributed by atoms with Crippen molar-refractivity contribution in [2.45, 2.75) is 38.6 Å². The normalized spacial score (nSPS) is 20.0. The Hall–Kier alpha value is -0.840. The number of hydrogen-bond acceptors (Lipinski definition) is 2. The Morgan fingerprint density at radius 2 is 2.47 bits per heavy atom. The molecule has 2 rings (SSSR count). The number of carboxylic acid groups (broad SMARTS) is 1. The van der Waals surface area contributed by atoms with E-state index < -0.39 is 5.97 Å². The predicted molar refractivity (Wildman–Crippen MR) is 58.9 cm³/mol. The van der Waals surface area contributed by atoms with Crippen LogP contribution in [0.15, 0.2) is 4.60 Å². The Morgan fingerprint density at radius 3 is 3.13 bits per heavy atom. The van der Waals surface area contributed by atoms with Gasteiger partial charge < -0.3 is 9.67 Å². The third-order valence-electron chi connectivity index (χ3n) is 2.82. The van der Waals surface area contributed by atoms with Crippen molar-refractivity contribution in [3.05, 3.63) is 16.1 Å². The van der Waals surface area contributed by atoms with Gasteiger partial charge in [0.15, 0.2) is 0 Å². The van der Waals surface area contributed by atoms with Gasteiger partial charge in [0.2, 0.25) is 0 Å². The van der Waals surface area contributed by atoms with Crippen LogP contribution in [-0.2, 0) is 17.6 Å². The van der Waals surface area contributed by atoms with Crippen molar-refractivity contribution in [2.75, 3.05) is 0 Å². The fourth-order valence-corrected chi connectivity index (χ4v) is 2.78. The molecule has 0 bridgehead atoms. The van der Waals surface area contributed by atoms with Crippen molar-refractivity contribution in [1.29, 1.82) is 0 Å². The van der Waals surface area contributed by atoms with Crippen molar-refractivity contribution in [2.24, 2.45) is 0 Å². The van der Waals surface area contributed by atoms with Gasteiger partial charge in [-0.1, -0.05) is 0 Å². The minimum absolute atomic E-state index is 0.00292. The number of carboxylic acids is 1. The van der Waals surface area contributed by atoms with E-state index >= 15 is 0 Å². The molecule has 0 spiro atoms. The van der Waals surface area contributed by atoms with Crippen LogP contribution >= 0.6 is 15.9 Å². The highest BCUT2D eigenvalue weighted by Gasteiger charge is 2.24. The Labute approximate surface area is 96.4 Å². The van der Waals surface area contributed by atoms with Crippen LogP contribution in [-0.4, -0.2) is 20.6 Å². The Bertz CT molecular complexity index is 400. The standard InChI is InChI=1S/C10H13BrN2O2/c1-6-3-2-4-7-10(11)12-8(13(6)7)5-9(14)15/h6H,2-5H2,1H3,(H,14,15). The van der Waals surface area contributed by atoms with Gasteiger partial charge in [-0.15, -0.1) is 0 Å². The molecule has 4 nitrogen and oxygen atoms in total. The van der Waals surface area contributed by atoms with Gasteiger partial charge in [-0.2, -0.15) is 0 Å². The summed E-state index contributed by atoms with van der Waals surface area (Å²) in [5.41, 5.74) is 1.14. The largest absolute Gasteiger partial charge is 0.481 e. The molecule has 2 heterocycles. The highest BCUT2D eigenvalue weighted by molar-refractivity contribution is 9.10. The summed E-state index contributed by atoms with van der Waals surface area (Å²) in [6, 6.07) is 0.363. The summed E-state index contributed by atoms with van der Waals surface area (Å²) in [6.07, 6.45) is 3.24. The second kappa shape index (κ2) is 3.96. The maximum absolute atomic E-state index is 10.7. The molecule has 1 aromatic heterocycles. The smallest absolute Gasteiger partial charge is 0.311 e. The van der Waals surface area contributed by atoms with E-state index in [2.05, 4.69) is 32.4 Å². The molecule has 0 radical (unpaired) electrons. The highest BCUT2D eigenvalue weighted by Crippen LogP contribution is 2.31. The summed E-state index contributed by atoms with van der Waals surface area (Å²) in [4.78, 5) is 15.0. The van der Waals surface area contributed by atoms with E-state index in [0.29, 0.717) is 11.9 Å². The van der Waals surface area contributed by atoms with Crippen LogP contribution in [0.3, 0.4) is 0 Å². The summed E-state index contributed by atoms with van der Waals surface area (Å²) >= 11 is 3.40. The molecule has 1 aliphatic rings. The van der Waals surface area contributed by atoms with Crippen LogP contribution in [0.25, 0.3) is 0 Å². The third kappa shape index (κ3) is 1.93. The highest BCUT2D eigenvalue weighted by atomic mass is 79.9. The number of carbonyl (C=O) groups is 1. The van der Waals surface area contributed by atoms with E-state index in [1.165, 1.54) is 0 Å². The molecular weight excluding hydrogens is 260 g/mol. The van der Waals surface area contributed by atoms with Crippen molar-refractivity contribution in [3.63, 3.8) is 0 Å². The molecule has 15 heavy (non-hydrogen) atoms. The van der Waals surface area contributed by atoms with Gasteiger partial charge in [-0.25, -0.2) is 4.98 Å². The zero-order valence-electron chi connectivity index (χ0n) is 8.53. The molecule has 0 amide bonds. The average Bonchev–Trinajstić information content (AvgIpc) is 2.44. The van der Waals surface area contributed by atoms with Crippen molar-refractivity contribution >= 4 is 21.9 Å². The van der Waals surface area contributed by atoms with E-state index in [1.807, 2.05) is 0 Å². The monoisotopic (exact) mass is 272 g/mol. The lowest BCUT2D eigenvalue weighted by Crippen LogP contribution is -2.19. The minimum Gasteiger partial charge on any atom is -0.481 e. The average molecular weight is 273 g/mol. The molecular formula is C10H13BrN2O2. The number of hydrogen-bond donors (Lipinski definition) is 1. The SMILES string of the molecule is CC1CCCc2c(Br)nc(CC(=O)O)n21. The van der Waals surface area contributed by atoms with Gasteiger partial charge in [0, 0.05) is 6.04 Å². The van der Waals surface area contributed by atoms with Crippen molar-refractivity contribution < 1.29 is 9.90 Å². The maximum Gasteiger partial charge on any atom is 0.311 e. The number of aliphatic carboxylic acids is 1. The summed E-state index contributed by atoms with van der Waals surface area (Å²) in [5.74, 6) is -0.162. The lowest BCUT2D eigenvalue weighted by atomic mass is 10.0. The maximum atomic E-state index is 10.7. The number of imidazole rings is 1. The third-order valence-corrected chi connectivity index (χ3v) is 3.45. The lowest BCUT2D eigenvalue weighted by Gasteiger charge is -2.23. The summed E-state index contributed by atoms with van der Waals surface area (Å²) < 4.78 is 2.88. The van der Waals surface area contributed by atoms with Crippen LogP contribution in [0, 0.1) is 0 Å². The summed E-state index contributed by atoms with van der Waals surface area (Å²) in [6.45, 7) is 2.11. The lowest BCUT2D eigenvalue weighted by molar-refractivity contribution is -0.136. The van der Waals surface area contributed by atoms with Crippen LogP contribution in [0.4, 0.5) is 0 Å². The quantitative estimate of drug-likeness (QED) is 0.898. The molecule has 1 atom stereocenters. The molecule has 0 aromatic carbocycles. The first-order chi connectivity index (χ1) is 7.09. The summed E-state index contributed by atoms with van der Waals surface area (Å²) in [7, 11) is 0. The topological polar surface area (TPSA) is 55.1 Å². The number of fused-ring (bicyclic) bond motifs is 1. The Kier molecular flexibility index (Phi) is 2.82. The molecule has 1 N–H and O–H groups in total. The van der Waals surface area contributed by atoms with Crippen LogP contribution in [0.2, 0.25) is 0 Å². The first-order valence-corrected chi connectivity index (χ1v) is 5.86. The van der Waals surface area contributed by atoms with Crippen LogP contribution in [0.5, 0.6) is 0 Å². The number of halogens is 1. The summed E-state index contributed by atoms with van der Waals surface area (Å²) in [5, 5.41) is 8.80. The number of nitrogens with zero attached hydrogens (tertiary/aromatic N) is 2. The van der Waals surface area contributed by atoms with E-state index in [9.17, 15) is 4.79 Å². The van der Waals surface area contributed by atoms with E-state index in [0.717, 1.165) is 29.6 Å². The molecule has 0 aliphatic carbocycles. The zero-order chi connectivity index (χ0) is 11.0. The van der Waals surface area contributed by atoms with Gasteiger partial charge in [0.1, 0.15) is 16.8 Å². The fraction of sp³-hybridized carbons (Fsp3) is 0.600. The molecule has 1 unspecified atom stereocenters. The van der Waals surface area contributed by atoms with Gasteiger partial charge in [0.05, 0.1) is 5.69 Å². The first kappa shape index (κ1) is 10.7. The second-order valence-corrected chi connectivity index (χ2v) is 4.70. The number of rotatable bonds is 2.